The summed E-state index contributed by atoms with van der Waals surface area (Å²) < 4.78 is 5.98. The molecule has 148 valence electrons. The van der Waals surface area contributed by atoms with Crippen molar-refractivity contribution in [3.8, 4) is 11.6 Å². The molecule has 0 bridgehead atoms. The number of para-hydroxylation sites is 1. The van der Waals surface area contributed by atoms with E-state index in [9.17, 15) is 9.59 Å². The van der Waals surface area contributed by atoms with Gasteiger partial charge in [0.05, 0.1) is 35.8 Å². The molecule has 1 saturated heterocycles. The summed E-state index contributed by atoms with van der Waals surface area (Å²) in [4.78, 5) is 32.0. The number of pyridine rings is 1. The van der Waals surface area contributed by atoms with Crippen LogP contribution in [0, 0.1) is 0 Å². The molecule has 4 rings (SSSR count). The van der Waals surface area contributed by atoms with Crippen LogP contribution in [-0.4, -0.2) is 55.8 Å². The SMILES string of the molecule is C[C@@H]1CCC(Oc2ncccc2C=O)CN1C(=O)c1ccccc1-n1nccn1. The second-order valence-corrected chi connectivity index (χ2v) is 6.98. The number of hydrogen-bond donors (Lipinski definition) is 0. The van der Waals surface area contributed by atoms with Crippen LogP contribution in [0.25, 0.3) is 5.69 Å². The van der Waals surface area contributed by atoms with Crippen molar-refractivity contribution in [3.05, 3.63) is 66.1 Å². The third-order valence-corrected chi connectivity index (χ3v) is 5.07. The van der Waals surface area contributed by atoms with Crippen LogP contribution in [0.1, 0.15) is 40.5 Å². The number of hydrogen-bond acceptors (Lipinski definition) is 6. The van der Waals surface area contributed by atoms with Crippen LogP contribution in [0.3, 0.4) is 0 Å². The Morgan fingerprint density at radius 2 is 1.90 bits per heavy atom. The third-order valence-electron chi connectivity index (χ3n) is 5.07. The maximum atomic E-state index is 13.4. The molecule has 0 saturated carbocycles. The average Bonchev–Trinajstić information content (AvgIpc) is 3.30. The Balaban J connectivity index is 1.57. The molecule has 0 N–H and O–H groups in total. The fraction of sp³-hybridized carbons (Fsp3) is 0.286. The van der Waals surface area contributed by atoms with Gasteiger partial charge in [-0.05, 0) is 44.0 Å². The number of nitrogens with zero attached hydrogens (tertiary/aromatic N) is 5. The molecule has 2 atom stereocenters. The van der Waals surface area contributed by atoms with Crippen molar-refractivity contribution in [1.29, 1.82) is 0 Å². The minimum atomic E-state index is -0.237. The summed E-state index contributed by atoms with van der Waals surface area (Å²) in [5.74, 6) is 0.200. The quantitative estimate of drug-likeness (QED) is 0.621. The first kappa shape index (κ1) is 18.8. The van der Waals surface area contributed by atoms with Crippen LogP contribution < -0.4 is 4.74 Å². The Kier molecular flexibility index (Phi) is 5.33. The lowest BCUT2D eigenvalue weighted by Crippen LogP contribution is -2.49. The summed E-state index contributed by atoms with van der Waals surface area (Å²) in [7, 11) is 0. The minimum Gasteiger partial charge on any atom is -0.472 e. The summed E-state index contributed by atoms with van der Waals surface area (Å²) >= 11 is 0. The zero-order valence-corrected chi connectivity index (χ0v) is 16.0. The van der Waals surface area contributed by atoms with Crippen LogP contribution in [0.2, 0.25) is 0 Å². The van der Waals surface area contributed by atoms with Gasteiger partial charge in [-0.1, -0.05) is 12.1 Å². The Bertz CT molecular complexity index is 1010. The molecule has 1 aromatic carbocycles. The monoisotopic (exact) mass is 391 g/mol. The molecule has 1 aliphatic heterocycles. The number of aromatic nitrogens is 4. The van der Waals surface area contributed by atoms with Crippen molar-refractivity contribution in [3.63, 3.8) is 0 Å². The smallest absolute Gasteiger partial charge is 0.256 e. The molecule has 29 heavy (non-hydrogen) atoms. The van der Waals surface area contributed by atoms with E-state index in [2.05, 4.69) is 15.2 Å². The van der Waals surface area contributed by atoms with Gasteiger partial charge in [0.1, 0.15) is 6.10 Å². The van der Waals surface area contributed by atoms with E-state index in [-0.39, 0.29) is 18.1 Å². The van der Waals surface area contributed by atoms with Crippen molar-refractivity contribution in [2.24, 2.45) is 0 Å². The van der Waals surface area contributed by atoms with Gasteiger partial charge in [0, 0.05) is 12.2 Å². The van der Waals surface area contributed by atoms with Crippen LogP contribution in [0.4, 0.5) is 0 Å². The fourth-order valence-corrected chi connectivity index (χ4v) is 3.53. The number of rotatable bonds is 5. The van der Waals surface area contributed by atoms with E-state index in [1.807, 2.05) is 25.1 Å². The summed E-state index contributed by atoms with van der Waals surface area (Å²) in [5.41, 5.74) is 1.56. The fourth-order valence-electron chi connectivity index (χ4n) is 3.53. The number of carbonyl (C=O) groups is 2. The molecule has 3 heterocycles. The summed E-state index contributed by atoms with van der Waals surface area (Å²) in [6, 6.07) is 10.7. The zero-order valence-electron chi connectivity index (χ0n) is 16.0. The highest BCUT2D eigenvalue weighted by Crippen LogP contribution is 2.25. The minimum absolute atomic E-state index is 0.0651. The maximum absolute atomic E-state index is 13.4. The molecule has 2 aromatic heterocycles. The van der Waals surface area contributed by atoms with Crippen LogP contribution in [0.15, 0.2) is 55.0 Å². The maximum Gasteiger partial charge on any atom is 0.256 e. The lowest BCUT2D eigenvalue weighted by atomic mass is 9.99. The predicted molar refractivity (Wildman–Crippen MR) is 105 cm³/mol. The standard InChI is InChI=1S/C21H21N5O3/c1-15-8-9-17(29-20-16(14-27)5-4-10-22-20)13-25(15)21(28)18-6-2-3-7-19(18)26-23-11-12-24-26/h2-7,10-12,14-15,17H,8-9,13H2,1H3/t15-,17?/m1/s1. The largest absolute Gasteiger partial charge is 0.472 e. The molecule has 8 heteroatoms. The molecule has 0 aliphatic carbocycles. The van der Waals surface area contributed by atoms with Gasteiger partial charge < -0.3 is 9.64 Å². The first-order valence-electron chi connectivity index (χ1n) is 9.51. The molecule has 0 radical (unpaired) electrons. The van der Waals surface area contributed by atoms with Crippen molar-refractivity contribution in [2.75, 3.05) is 6.54 Å². The lowest BCUT2D eigenvalue weighted by Gasteiger charge is -2.38. The number of amides is 1. The third kappa shape index (κ3) is 3.87. The van der Waals surface area contributed by atoms with Gasteiger partial charge in [-0.3, -0.25) is 9.59 Å². The number of aldehydes is 1. The summed E-state index contributed by atoms with van der Waals surface area (Å²) in [6.45, 7) is 2.44. The normalized spacial score (nSPS) is 19.0. The van der Waals surface area contributed by atoms with E-state index in [0.717, 1.165) is 19.1 Å². The zero-order chi connectivity index (χ0) is 20.2. The number of benzene rings is 1. The highest BCUT2D eigenvalue weighted by Gasteiger charge is 2.32. The Morgan fingerprint density at radius 1 is 1.10 bits per heavy atom. The first-order valence-corrected chi connectivity index (χ1v) is 9.51. The van der Waals surface area contributed by atoms with Crippen LogP contribution >= 0.6 is 0 Å². The second kappa shape index (κ2) is 8.22. The molecule has 1 fully saturated rings. The van der Waals surface area contributed by atoms with E-state index >= 15 is 0 Å². The van der Waals surface area contributed by atoms with Crippen LogP contribution in [-0.2, 0) is 0 Å². The van der Waals surface area contributed by atoms with E-state index in [0.29, 0.717) is 29.2 Å². The summed E-state index contributed by atoms with van der Waals surface area (Å²) in [6.07, 6.45) is 6.80. The van der Waals surface area contributed by atoms with Gasteiger partial charge >= 0.3 is 0 Å². The Hall–Kier alpha value is -3.55. The molecular weight excluding hydrogens is 370 g/mol. The molecule has 3 aromatic rings. The van der Waals surface area contributed by atoms with Gasteiger partial charge in [0.25, 0.3) is 5.91 Å². The Morgan fingerprint density at radius 3 is 2.69 bits per heavy atom. The lowest BCUT2D eigenvalue weighted by molar-refractivity contribution is 0.0370. The number of likely N-dealkylation sites (tertiary alicyclic amines) is 1. The van der Waals surface area contributed by atoms with E-state index in [1.54, 1.807) is 41.7 Å². The van der Waals surface area contributed by atoms with Gasteiger partial charge in [0.15, 0.2) is 6.29 Å². The van der Waals surface area contributed by atoms with Crippen molar-refractivity contribution in [2.45, 2.75) is 31.9 Å². The molecule has 8 nitrogen and oxygen atoms in total. The Labute approximate surface area is 168 Å². The van der Waals surface area contributed by atoms with Gasteiger partial charge in [-0.15, -0.1) is 0 Å². The van der Waals surface area contributed by atoms with Crippen molar-refractivity contribution < 1.29 is 14.3 Å². The van der Waals surface area contributed by atoms with Gasteiger partial charge in [-0.2, -0.15) is 15.0 Å². The highest BCUT2D eigenvalue weighted by atomic mass is 16.5. The number of carbonyl (C=O) groups excluding carboxylic acids is 2. The van der Waals surface area contributed by atoms with E-state index < -0.39 is 0 Å². The molecule has 1 amide bonds. The molecular formula is C21H21N5O3. The molecule has 1 aliphatic rings. The highest BCUT2D eigenvalue weighted by molar-refractivity contribution is 5.98. The number of ether oxygens (including phenoxy) is 1. The second-order valence-electron chi connectivity index (χ2n) is 6.98. The average molecular weight is 391 g/mol. The van der Waals surface area contributed by atoms with E-state index in [1.165, 1.54) is 4.80 Å². The summed E-state index contributed by atoms with van der Waals surface area (Å²) in [5, 5.41) is 8.30. The predicted octanol–water partition coefficient (Wildman–Crippen LogP) is 2.55. The first-order chi connectivity index (χ1) is 14.2. The molecule has 1 unspecified atom stereocenters. The van der Waals surface area contributed by atoms with Gasteiger partial charge in [0.2, 0.25) is 5.88 Å². The van der Waals surface area contributed by atoms with E-state index in [4.69, 9.17) is 4.74 Å². The molecule has 0 spiro atoms. The van der Waals surface area contributed by atoms with Gasteiger partial charge in [-0.25, -0.2) is 4.98 Å². The topological polar surface area (TPSA) is 90.2 Å². The van der Waals surface area contributed by atoms with Crippen molar-refractivity contribution in [1.82, 2.24) is 24.9 Å². The van der Waals surface area contributed by atoms with Crippen LogP contribution in [0.5, 0.6) is 5.88 Å². The number of piperidine rings is 1. The van der Waals surface area contributed by atoms with Crippen molar-refractivity contribution >= 4 is 12.2 Å².